The monoisotopic (exact) mass is 414 g/mol. The molecule has 3 aromatic rings. The number of methoxy groups -OCH3 is 1. The van der Waals surface area contributed by atoms with Crippen molar-refractivity contribution in [1.82, 2.24) is 5.43 Å². The number of carbonyl (C=O) groups excluding carboxylic acids is 2. The van der Waals surface area contributed by atoms with E-state index < -0.39 is 5.97 Å². The molecule has 0 atom stereocenters. The van der Waals surface area contributed by atoms with Crippen molar-refractivity contribution in [1.29, 1.82) is 0 Å². The molecule has 0 saturated heterocycles. The minimum atomic E-state index is -0.528. The van der Waals surface area contributed by atoms with Gasteiger partial charge in [-0.2, -0.15) is 5.10 Å². The van der Waals surface area contributed by atoms with Gasteiger partial charge >= 0.3 is 5.97 Å². The normalized spacial score (nSPS) is 10.6. The van der Waals surface area contributed by atoms with Crippen LogP contribution < -0.4 is 14.9 Å². The molecule has 1 aromatic heterocycles. The fourth-order valence-electron chi connectivity index (χ4n) is 2.22. The van der Waals surface area contributed by atoms with Crippen LogP contribution in [0, 0.1) is 0 Å². The molecule has 0 fully saturated rings. The van der Waals surface area contributed by atoms with Crippen LogP contribution in [0.4, 0.5) is 0 Å². The molecule has 1 N–H and O–H groups in total. The first-order valence-corrected chi connectivity index (χ1v) is 9.35. The quantitative estimate of drug-likeness (QED) is 0.281. The van der Waals surface area contributed by atoms with Crippen LogP contribution in [0.3, 0.4) is 0 Å². The molecule has 2 aromatic carbocycles. The standard InChI is InChI=1S/C20H15ClN2O4S/c1-26-17-11-13(12-22-23-19(24)18-3-2-10-28-18)4-9-16(17)27-20(25)14-5-7-15(21)8-6-14/h2-12H,1H3,(H,23,24). The summed E-state index contributed by atoms with van der Waals surface area (Å²) < 4.78 is 10.7. The Morgan fingerprint density at radius 2 is 1.89 bits per heavy atom. The fourth-order valence-corrected chi connectivity index (χ4v) is 2.96. The van der Waals surface area contributed by atoms with Gasteiger partial charge in [-0.25, -0.2) is 10.2 Å². The average Bonchev–Trinajstić information content (AvgIpc) is 3.24. The number of benzene rings is 2. The van der Waals surface area contributed by atoms with Gasteiger partial charge in [0.15, 0.2) is 11.5 Å². The van der Waals surface area contributed by atoms with Crippen LogP contribution in [0.15, 0.2) is 65.1 Å². The third kappa shape index (κ3) is 4.97. The molecular weight excluding hydrogens is 400 g/mol. The molecule has 3 rings (SSSR count). The van der Waals surface area contributed by atoms with E-state index in [0.717, 1.165) is 0 Å². The van der Waals surface area contributed by atoms with E-state index in [1.807, 2.05) is 5.38 Å². The van der Waals surface area contributed by atoms with Crippen LogP contribution in [0.1, 0.15) is 25.6 Å². The van der Waals surface area contributed by atoms with Crippen molar-refractivity contribution < 1.29 is 19.1 Å². The van der Waals surface area contributed by atoms with Gasteiger partial charge in [-0.05, 0) is 59.5 Å². The van der Waals surface area contributed by atoms with Crippen LogP contribution in [-0.2, 0) is 0 Å². The molecule has 0 spiro atoms. The van der Waals surface area contributed by atoms with Crippen LogP contribution in [0.2, 0.25) is 5.02 Å². The lowest BCUT2D eigenvalue weighted by atomic mass is 10.2. The van der Waals surface area contributed by atoms with Gasteiger partial charge in [-0.3, -0.25) is 4.79 Å². The molecule has 8 heteroatoms. The van der Waals surface area contributed by atoms with Gasteiger partial charge < -0.3 is 9.47 Å². The Balaban J connectivity index is 1.67. The minimum Gasteiger partial charge on any atom is -0.493 e. The molecule has 0 aliphatic heterocycles. The predicted molar refractivity (Wildman–Crippen MR) is 109 cm³/mol. The van der Waals surface area contributed by atoms with Crippen molar-refractivity contribution in [2.75, 3.05) is 7.11 Å². The second-order valence-electron chi connectivity index (χ2n) is 5.48. The Morgan fingerprint density at radius 3 is 2.57 bits per heavy atom. The topological polar surface area (TPSA) is 77.0 Å². The summed E-state index contributed by atoms with van der Waals surface area (Å²) >= 11 is 7.15. The van der Waals surface area contributed by atoms with Crippen LogP contribution in [-0.4, -0.2) is 25.2 Å². The van der Waals surface area contributed by atoms with E-state index in [9.17, 15) is 9.59 Å². The third-order valence-electron chi connectivity index (χ3n) is 3.59. The van der Waals surface area contributed by atoms with Gasteiger partial charge in [0, 0.05) is 5.02 Å². The van der Waals surface area contributed by atoms with E-state index in [-0.39, 0.29) is 11.7 Å². The summed E-state index contributed by atoms with van der Waals surface area (Å²) in [4.78, 5) is 24.7. The van der Waals surface area contributed by atoms with Crippen molar-refractivity contribution in [3.05, 3.63) is 81.0 Å². The summed E-state index contributed by atoms with van der Waals surface area (Å²) in [5.74, 6) is -0.190. The molecule has 6 nitrogen and oxygen atoms in total. The highest BCUT2D eigenvalue weighted by molar-refractivity contribution is 7.12. The van der Waals surface area contributed by atoms with E-state index in [1.54, 1.807) is 54.6 Å². The fraction of sp³-hybridized carbons (Fsp3) is 0.0500. The molecule has 0 unspecified atom stereocenters. The molecule has 0 radical (unpaired) electrons. The molecule has 142 valence electrons. The minimum absolute atomic E-state index is 0.266. The van der Waals surface area contributed by atoms with E-state index >= 15 is 0 Å². The van der Waals surface area contributed by atoms with Crippen molar-refractivity contribution >= 4 is 41.0 Å². The maximum atomic E-state index is 12.2. The highest BCUT2D eigenvalue weighted by Gasteiger charge is 2.13. The molecule has 0 aliphatic carbocycles. The summed E-state index contributed by atoms with van der Waals surface area (Å²) in [6, 6.07) is 14.8. The SMILES string of the molecule is COc1cc(C=NNC(=O)c2cccs2)ccc1OC(=O)c1ccc(Cl)cc1. The Bertz CT molecular complexity index is 1000. The highest BCUT2D eigenvalue weighted by Crippen LogP contribution is 2.28. The molecular formula is C20H15ClN2O4S. The van der Waals surface area contributed by atoms with Gasteiger partial charge in [0.2, 0.25) is 0 Å². The number of hydrazone groups is 1. The molecule has 0 aliphatic rings. The Kier molecular flexibility index (Phi) is 6.41. The van der Waals surface area contributed by atoms with Gasteiger partial charge in [-0.1, -0.05) is 17.7 Å². The van der Waals surface area contributed by atoms with Crippen molar-refractivity contribution in [2.45, 2.75) is 0 Å². The second kappa shape index (κ2) is 9.16. The number of thiophene rings is 1. The number of rotatable bonds is 6. The van der Waals surface area contributed by atoms with Crippen molar-refractivity contribution in [2.24, 2.45) is 5.10 Å². The molecule has 1 heterocycles. The molecule has 1 amide bonds. The Hall–Kier alpha value is -3.16. The lowest BCUT2D eigenvalue weighted by Gasteiger charge is -2.10. The maximum absolute atomic E-state index is 12.2. The number of halogens is 1. The predicted octanol–water partition coefficient (Wildman–Crippen LogP) is 4.39. The third-order valence-corrected chi connectivity index (χ3v) is 4.72. The lowest BCUT2D eigenvalue weighted by molar-refractivity contribution is 0.0729. The summed E-state index contributed by atoms with van der Waals surface area (Å²) in [7, 11) is 1.47. The Labute approximate surface area is 170 Å². The number of nitrogens with zero attached hydrogens (tertiary/aromatic N) is 1. The highest BCUT2D eigenvalue weighted by atomic mass is 35.5. The largest absolute Gasteiger partial charge is 0.493 e. The maximum Gasteiger partial charge on any atom is 0.343 e. The summed E-state index contributed by atoms with van der Waals surface area (Å²) in [6.07, 6.45) is 1.47. The average molecular weight is 415 g/mol. The number of ether oxygens (including phenoxy) is 2. The second-order valence-corrected chi connectivity index (χ2v) is 6.87. The number of nitrogens with one attached hydrogen (secondary N) is 1. The van der Waals surface area contributed by atoms with Gasteiger partial charge in [-0.15, -0.1) is 11.3 Å². The molecule has 0 bridgehead atoms. The van der Waals surface area contributed by atoms with Crippen LogP contribution >= 0.6 is 22.9 Å². The summed E-state index contributed by atoms with van der Waals surface area (Å²) in [6.45, 7) is 0. The summed E-state index contributed by atoms with van der Waals surface area (Å²) in [5.41, 5.74) is 3.48. The number of amides is 1. The first-order valence-electron chi connectivity index (χ1n) is 8.09. The van der Waals surface area contributed by atoms with E-state index in [1.165, 1.54) is 24.7 Å². The van der Waals surface area contributed by atoms with E-state index in [2.05, 4.69) is 10.5 Å². The van der Waals surface area contributed by atoms with Crippen LogP contribution in [0.25, 0.3) is 0 Å². The number of hydrogen-bond donors (Lipinski definition) is 1. The zero-order chi connectivity index (χ0) is 19.9. The first-order chi connectivity index (χ1) is 13.6. The first kappa shape index (κ1) is 19.6. The zero-order valence-electron chi connectivity index (χ0n) is 14.7. The summed E-state index contributed by atoms with van der Waals surface area (Å²) in [5, 5.41) is 6.27. The van der Waals surface area contributed by atoms with Gasteiger partial charge in [0.25, 0.3) is 5.91 Å². The van der Waals surface area contributed by atoms with Gasteiger partial charge in [0.1, 0.15) is 0 Å². The van der Waals surface area contributed by atoms with Crippen molar-refractivity contribution in [3.63, 3.8) is 0 Å². The number of hydrogen-bond acceptors (Lipinski definition) is 6. The van der Waals surface area contributed by atoms with E-state index in [4.69, 9.17) is 21.1 Å². The Morgan fingerprint density at radius 1 is 1.11 bits per heavy atom. The van der Waals surface area contributed by atoms with Gasteiger partial charge in [0.05, 0.1) is 23.8 Å². The van der Waals surface area contributed by atoms with Crippen molar-refractivity contribution in [3.8, 4) is 11.5 Å². The number of carbonyl (C=O) groups is 2. The lowest BCUT2D eigenvalue weighted by Crippen LogP contribution is -2.16. The number of esters is 1. The molecule has 28 heavy (non-hydrogen) atoms. The zero-order valence-corrected chi connectivity index (χ0v) is 16.3. The van der Waals surface area contributed by atoms with E-state index in [0.29, 0.717) is 26.8 Å². The van der Waals surface area contributed by atoms with Crippen LogP contribution in [0.5, 0.6) is 11.5 Å². The molecule has 0 saturated carbocycles. The smallest absolute Gasteiger partial charge is 0.343 e.